The zero-order chi connectivity index (χ0) is 21.3. The van der Waals surface area contributed by atoms with Gasteiger partial charge in [0.2, 0.25) is 0 Å². The van der Waals surface area contributed by atoms with E-state index in [0.29, 0.717) is 17.4 Å². The number of unbranched alkanes of at least 4 members (excludes halogenated alkanes) is 6. The lowest BCUT2D eigenvalue weighted by Gasteiger charge is -2.15. The second kappa shape index (κ2) is 10.5. The Morgan fingerprint density at radius 3 is 2.53 bits per heavy atom. The number of aromatic nitrogens is 3. The highest BCUT2D eigenvalue weighted by atomic mass is 16.3. The highest BCUT2D eigenvalue weighted by Crippen LogP contribution is 2.27. The normalized spacial score (nSPS) is 11.0. The van der Waals surface area contributed by atoms with E-state index in [2.05, 4.69) is 22.2 Å². The number of carbonyl (C=O) groups is 1. The van der Waals surface area contributed by atoms with E-state index < -0.39 is 11.5 Å². The minimum atomic E-state index is -0.697. The maximum absolute atomic E-state index is 13.1. The summed E-state index contributed by atoms with van der Waals surface area (Å²) in [4.78, 5) is 33.8. The van der Waals surface area contributed by atoms with E-state index in [0.717, 1.165) is 19.3 Å². The van der Waals surface area contributed by atoms with Crippen molar-refractivity contribution in [2.75, 3.05) is 5.32 Å². The Labute approximate surface area is 175 Å². The molecule has 0 saturated carbocycles. The molecule has 0 saturated heterocycles. The average molecular weight is 409 g/mol. The average Bonchev–Trinajstić information content (AvgIpc) is 2.76. The van der Waals surface area contributed by atoms with Crippen LogP contribution in [0.4, 0.5) is 5.82 Å². The van der Waals surface area contributed by atoms with Crippen molar-refractivity contribution in [1.29, 1.82) is 0 Å². The summed E-state index contributed by atoms with van der Waals surface area (Å²) in [5.41, 5.74) is -0.150. The summed E-state index contributed by atoms with van der Waals surface area (Å²) in [6, 6.07) is 7.10. The standard InChI is InChI=1S/C23H28N4O3/c1-2-3-4-5-6-7-10-15-27-18-12-9-8-11-17(18)21(28)20(23(27)30)22(29)26-19-16-24-13-14-25-19/h8-9,11-14,16,28H,2-7,10,15H2,1H3,(H,25,26,29). The third-order valence-electron chi connectivity index (χ3n) is 5.16. The molecular formula is C23H28N4O3. The number of rotatable bonds is 10. The number of nitrogens with zero attached hydrogens (tertiary/aromatic N) is 3. The third kappa shape index (κ3) is 5.03. The molecule has 3 rings (SSSR count). The van der Waals surface area contributed by atoms with Crippen LogP contribution in [0.3, 0.4) is 0 Å². The Hall–Kier alpha value is -3.22. The van der Waals surface area contributed by atoms with Crippen molar-refractivity contribution in [1.82, 2.24) is 14.5 Å². The molecule has 1 amide bonds. The molecule has 2 N–H and O–H groups in total. The van der Waals surface area contributed by atoms with Crippen LogP contribution in [0.15, 0.2) is 47.7 Å². The first-order chi connectivity index (χ1) is 14.6. The summed E-state index contributed by atoms with van der Waals surface area (Å²) < 4.78 is 1.59. The molecule has 0 atom stereocenters. The van der Waals surface area contributed by atoms with Gasteiger partial charge in [0.05, 0.1) is 11.7 Å². The fraction of sp³-hybridized carbons (Fsp3) is 0.391. The van der Waals surface area contributed by atoms with Crippen molar-refractivity contribution in [3.63, 3.8) is 0 Å². The lowest BCUT2D eigenvalue weighted by Crippen LogP contribution is -2.30. The number of hydrogen-bond donors (Lipinski definition) is 2. The van der Waals surface area contributed by atoms with Gasteiger partial charge in [-0.2, -0.15) is 0 Å². The van der Waals surface area contributed by atoms with Crippen LogP contribution in [0.5, 0.6) is 5.75 Å². The van der Waals surface area contributed by atoms with E-state index in [1.54, 1.807) is 22.8 Å². The molecule has 0 unspecified atom stereocenters. The van der Waals surface area contributed by atoms with Gasteiger partial charge in [-0.15, -0.1) is 0 Å². The third-order valence-corrected chi connectivity index (χ3v) is 5.16. The summed E-state index contributed by atoms with van der Waals surface area (Å²) >= 11 is 0. The predicted molar refractivity (Wildman–Crippen MR) is 118 cm³/mol. The van der Waals surface area contributed by atoms with Crippen LogP contribution in [-0.2, 0) is 6.54 Å². The number of carbonyl (C=O) groups excluding carboxylic acids is 1. The van der Waals surface area contributed by atoms with E-state index >= 15 is 0 Å². The number of amides is 1. The van der Waals surface area contributed by atoms with Crippen LogP contribution in [0.1, 0.15) is 62.2 Å². The molecule has 30 heavy (non-hydrogen) atoms. The summed E-state index contributed by atoms with van der Waals surface area (Å²) in [6.07, 6.45) is 12.2. The van der Waals surface area contributed by atoms with E-state index in [4.69, 9.17) is 0 Å². The Bertz CT molecular complexity index is 1050. The number of hydrogen-bond acceptors (Lipinski definition) is 5. The molecule has 0 aliphatic heterocycles. The van der Waals surface area contributed by atoms with Crippen molar-refractivity contribution in [2.45, 2.75) is 58.4 Å². The van der Waals surface area contributed by atoms with E-state index in [-0.39, 0.29) is 17.1 Å². The topological polar surface area (TPSA) is 97.1 Å². The number of fused-ring (bicyclic) bond motifs is 1. The van der Waals surface area contributed by atoms with Gasteiger partial charge < -0.3 is 15.0 Å². The second-order valence-electron chi connectivity index (χ2n) is 7.36. The molecule has 7 nitrogen and oxygen atoms in total. The number of anilines is 1. The molecule has 0 radical (unpaired) electrons. The molecule has 1 aromatic carbocycles. The molecule has 158 valence electrons. The van der Waals surface area contributed by atoms with Gasteiger partial charge in [0.1, 0.15) is 11.3 Å². The van der Waals surface area contributed by atoms with E-state index in [1.807, 2.05) is 6.07 Å². The van der Waals surface area contributed by atoms with Crippen molar-refractivity contribution in [3.8, 4) is 5.75 Å². The molecule has 7 heteroatoms. The van der Waals surface area contributed by atoms with Crippen LogP contribution in [-0.4, -0.2) is 25.5 Å². The van der Waals surface area contributed by atoms with Gasteiger partial charge in [-0.25, -0.2) is 4.98 Å². The quantitative estimate of drug-likeness (QED) is 0.482. The summed E-state index contributed by atoms with van der Waals surface area (Å²) in [5.74, 6) is -0.794. The zero-order valence-electron chi connectivity index (χ0n) is 17.3. The largest absolute Gasteiger partial charge is 0.506 e. The van der Waals surface area contributed by atoms with Crippen LogP contribution < -0.4 is 10.9 Å². The van der Waals surface area contributed by atoms with E-state index in [9.17, 15) is 14.7 Å². The summed E-state index contributed by atoms with van der Waals surface area (Å²) in [5, 5.41) is 13.7. The van der Waals surface area contributed by atoms with Gasteiger partial charge in [0.25, 0.3) is 11.5 Å². The fourth-order valence-electron chi connectivity index (χ4n) is 3.59. The monoisotopic (exact) mass is 408 g/mol. The second-order valence-corrected chi connectivity index (χ2v) is 7.36. The van der Waals surface area contributed by atoms with Gasteiger partial charge in [-0.3, -0.25) is 14.6 Å². The maximum Gasteiger partial charge on any atom is 0.267 e. The predicted octanol–water partition coefficient (Wildman–Crippen LogP) is 4.50. The summed E-state index contributed by atoms with van der Waals surface area (Å²) in [7, 11) is 0. The van der Waals surface area contributed by atoms with Crippen LogP contribution in [0.2, 0.25) is 0 Å². The highest BCUT2D eigenvalue weighted by molar-refractivity contribution is 6.08. The Balaban J connectivity index is 1.85. The van der Waals surface area contributed by atoms with Crippen LogP contribution in [0, 0.1) is 0 Å². The number of nitrogens with one attached hydrogen (secondary N) is 1. The highest BCUT2D eigenvalue weighted by Gasteiger charge is 2.22. The van der Waals surface area contributed by atoms with Crippen molar-refractivity contribution >= 4 is 22.6 Å². The number of aromatic hydroxyl groups is 1. The Morgan fingerprint density at radius 2 is 1.80 bits per heavy atom. The number of pyridine rings is 1. The Kier molecular flexibility index (Phi) is 7.54. The number of aryl methyl sites for hydroxylation is 1. The number of para-hydroxylation sites is 1. The summed E-state index contributed by atoms with van der Waals surface area (Å²) in [6.45, 7) is 2.69. The first-order valence-corrected chi connectivity index (χ1v) is 10.5. The fourth-order valence-corrected chi connectivity index (χ4v) is 3.59. The molecule has 2 heterocycles. The lowest BCUT2D eigenvalue weighted by atomic mass is 10.1. The number of benzene rings is 1. The molecular weight excluding hydrogens is 380 g/mol. The van der Waals surface area contributed by atoms with Gasteiger partial charge in [-0.1, -0.05) is 57.6 Å². The van der Waals surface area contributed by atoms with Crippen molar-refractivity contribution in [2.24, 2.45) is 0 Å². The zero-order valence-corrected chi connectivity index (χ0v) is 17.3. The van der Waals surface area contributed by atoms with Gasteiger partial charge in [0, 0.05) is 24.3 Å². The molecule has 0 aliphatic carbocycles. The van der Waals surface area contributed by atoms with Crippen molar-refractivity contribution < 1.29 is 9.90 Å². The molecule has 0 bridgehead atoms. The van der Waals surface area contributed by atoms with E-state index in [1.165, 1.54) is 44.3 Å². The van der Waals surface area contributed by atoms with Crippen molar-refractivity contribution in [3.05, 3.63) is 58.8 Å². The molecule has 2 aromatic heterocycles. The molecule has 0 fully saturated rings. The van der Waals surface area contributed by atoms with Crippen LogP contribution in [0.25, 0.3) is 10.9 Å². The SMILES string of the molecule is CCCCCCCCCn1c(=O)c(C(=O)Nc2cnccn2)c(O)c2ccccc21. The van der Waals surface area contributed by atoms with Gasteiger partial charge >= 0.3 is 0 Å². The molecule has 3 aromatic rings. The lowest BCUT2D eigenvalue weighted by molar-refractivity contribution is 0.102. The minimum Gasteiger partial charge on any atom is -0.506 e. The smallest absolute Gasteiger partial charge is 0.267 e. The first kappa shape index (κ1) is 21.5. The van der Waals surface area contributed by atoms with Crippen LogP contribution >= 0.6 is 0 Å². The van der Waals surface area contributed by atoms with Gasteiger partial charge in [0.15, 0.2) is 5.82 Å². The maximum atomic E-state index is 13.1. The van der Waals surface area contributed by atoms with Gasteiger partial charge in [-0.05, 0) is 18.6 Å². The molecule has 0 aliphatic rings. The minimum absolute atomic E-state index is 0.216. The first-order valence-electron chi connectivity index (χ1n) is 10.5. The Morgan fingerprint density at radius 1 is 1.07 bits per heavy atom. The molecule has 0 spiro atoms.